The lowest BCUT2D eigenvalue weighted by molar-refractivity contribution is 0.0940. The van der Waals surface area contributed by atoms with Crippen molar-refractivity contribution in [1.29, 1.82) is 0 Å². The van der Waals surface area contributed by atoms with Crippen LogP contribution in [0.4, 0.5) is 5.69 Å². The van der Waals surface area contributed by atoms with E-state index >= 15 is 0 Å². The maximum Gasteiger partial charge on any atom is 0.253 e. The van der Waals surface area contributed by atoms with Crippen molar-refractivity contribution in [2.45, 2.75) is 26.8 Å². The lowest BCUT2D eigenvalue weighted by Crippen LogP contribution is -2.28. The second kappa shape index (κ2) is 5.87. The summed E-state index contributed by atoms with van der Waals surface area (Å²) in [5, 5.41) is 6.79. The van der Waals surface area contributed by atoms with E-state index in [1.807, 2.05) is 20.8 Å². The molecule has 1 amide bonds. The summed E-state index contributed by atoms with van der Waals surface area (Å²) in [4.78, 5) is 12.4. The molecule has 112 valence electrons. The standard InChI is InChI=1S/C15H19N3O3/c1-8(14-9(2)18-21-10(14)3)17-15(19)12-7-11(20-4)5-6-13(12)16/h5-8H,16H2,1-4H3,(H,17,19). The van der Waals surface area contributed by atoms with Gasteiger partial charge in [0.25, 0.3) is 5.91 Å². The van der Waals surface area contributed by atoms with E-state index in [4.69, 9.17) is 15.0 Å². The SMILES string of the molecule is COc1ccc(N)c(C(=O)NC(C)c2c(C)noc2C)c1. The largest absolute Gasteiger partial charge is 0.497 e. The van der Waals surface area contributed by atoms with Gasteiger partial charge in [0.2, 0.25) is 0 Å². The summed E-state index contributed by atoms with van der Waals surface area (Å²) in [7, 11) is 1.54. The molecule has 0 saturated heterocycles. The van der Waals surface area contributed by atoms with Gasteiger partial charge >= 0.3 is 0 Å². The van der Waals surface area contributed by atoms with Crippen LogP contribution in [-0.4, -0.2) is 18.2 Å². The van der Waals surface area contributed by atoms with E-state index in [2.05, 4.69) is 10.5 Å². The molecule has 21 heavy (non-hydrogen) atoms. The van der Waals surface area contributed by atoms with Crippen LogP contribution in [0.1, 0.15) is 40.3 Å². The summed E-state index contributed by atoms with van der Waals surface area (Å²) in [6.07, 6.45) is 0. The maximum atomic E-state index is 12.4. The molecule has 1 atom stereocenters. The van der Waals surface area contributed by atoms with E-state index in [-0.39, 0.29) is 11.9 Å². The number of hydrogen-bond donors (Lipinski definition) is 2. The summed E-state index contributed by atoms with van der Waals surface area (Å²) in [6.45, 7) is 5.53. The first kappa shape index (κ1) is 14.9. The molecule has 1 aromatic heterocycles. The molecule has 3 N–H and O–H groups in total. The van der Waals surface area contributed by atoms with Crippen molar-refractivity contribution in [1.82, 2.24) is 10.5 Å². The first-order chi connectivity index (χ1) is 9.93. The van der Waals surface area contributed by atoms with Crippen molar-refractivity contribution in [3.63, 3.8) is 0 Å². The van der Waals surface area contributed by atoms with Gasteiger partial charge in [-0.15, -0.1) is 0 Å². The van der Waals surface area contributed by atoms with Crippen LogP contribution < -0.4 is 15.8 Å². The number of hydrogen-bond acceptors (Lipinski definition) is 5. The molecule has 0 radical (unpaired) electrons. The van der Waals surface area contributed by atoms with Crippen LogP contribution in [0.2, 0.25) is 0 Å². The monoisotopic (exact) mass is 289 g/mol. The Hall–Kier alpha value is -2.50. The molecule has 1 aromatic carbocycles. The second-order valence-electron chi connectivity index (χ2n) is 4.89. The Bertz CT molecular complexity index is 645. The van der Waals surface area contributed by atoms with Gasteiger partial charge in [-0.1, -0.05) is 5.16 Å². The summed E-state index contributed by atoms with van der Waals surface area (Å²) in [6, 6.07) is 4.75. The number of carbonyl (C=O) groups is 1. The number of carbonyl (C=O) groups excluding carboxylic acids is 1. The van der Waals surface area contributed by atoms with Crippen molar-refractivity contribution in [3.8, 4) is 5.75 Å². The van der Waals surface area contributed by atoms with Gasteiger partial charge in [0.15, 0.2) is 0 Å². The number of nitrogens with two attached hydrogens (primary N) is 1. The minimum Gasteiger partial charge on any atom is -0.497 e. The van der Waals surface area contributed by atoms with Crippen LogP contribution in [-0.2, 0) is 0 Å². The summed E-state index contributed by atoms with van der Waals surface area (Å²) < 4.78 is 10.2. The molecule has 1 heterocycles. The molecule has 0 saturated carbocycles. The highest BCUT2D eigenvalue weighted by atomic mass is 16.5. The highest BCUT2D eigenvalue weighted by molar-refractivity contribution is 5.99. The average Bonchev–Trinajstić information content (AvgIpc) is 2.78. The van der Waals surface area contributed by atoms with Crippen LogP contribution in [0.5, 0.6) is 5.75 Å². The van der Waals surface area contributed by atoms with Gasteiger partial charge in [-0.3, -0.25) is 4.79 Å². The number of aromatic nitrogens is 1. The van der Waals surface area contributed by atoms with Crippen molar-refractivity contribution in [2.75, 3.05) is 12.8 Å². The molecular formula is C15H19N3O3. The molecule has 0 bridgehead atoms. The molecule has 0 aliphatic heterocycles. The quantitative estimate of drug-likeness (QED) is 0.843. The molecule has 0 aliphatic rings. The molecule has 2 rings (SSSR count). The van der Waals surface area contributed by atoms with Crippen molar-refractivity contribution in [3.05, 3.63) is 40.8 Å². The zero-order valence-electron chi connectivity index (χ0n) is 12.6. The predicted octanol–water partition coefficient (Wildman–Crippen LogP) is 2.37. The maximum absolute atomic E-state index is 12.4. The van der Waals surface area contributed by atoms with Gasteiger partial charge in [-0.25, -0.2) is 0 Å². The third-order valence-corrected chi connectivity index (χ3v) is 3.37. The fourth-order valence-electron chi connectivity index (χ4n) is 2.31. The summed E-state index contributed by atoms with van der Waals surface area (Å²) in [5.41, 5.74) is 8.28. The van der Waals surface area contributed by atoms with E-state index in [1.54, 1.807) is 25.3 Å². The van der Waals surface area contributed by atoms with E-state index in [9.17, 15) is 4.79 Å². The molecule has 1 unspecified atom stereocenters. The van der Waals surface area contributed by atoms with E-state index < -0.39 is 0 Å². The Labute approximate surface area is 123 Å². The number of rotatable bonds is 4. The lowest BCUT2D eigenvalue weighted by atomic mass is 10.1. The van der Waals surface area contributed by atoms with Gasteiger partial charge in [-0.05, 0) is 39.0 Å². The summed E-state index contributed by atoms with van der Waals surface area (Å²) in [5.74, 6) is 1.01. The number of nitrogens with one attached hydrogen (secondary N) is 1. The molecule has 2 aromatic rings. The lowest BCUT2D eigenvalue weighted by Gasteiger charge is -2.15. The number of methoxy groups -OCH3 is 1. The van der Waals surface area contributed by atoms with Gasteiger partial charge in [-0.2, -0.15) is 0 Å². The van der Waals surface area contributed by atoms with E-state index in [0.717, 1.165) is 11.3 Å². The number of ether oxygens (including phenoxy) is 1. The number of aryl methyl sites for hydroxylation is 2. The fraction of sp³-hybridized carbons (Fsp3) is 0.333. The molecular weight excluding hydrogens is 270 g/mol. The Morgan fingerprint density at radius 1 is 1.43 bits per heavy atom. The Kier molecular flexibility index (Phi) is 4.16. The van der Waals surface area contributed by atoms with Crippen LogP contribution in [0.25, 0.3) is 0 Å². The second-order valence-corrected chi connectivity index (χ2v) is 4.89. The molecule has 6 nitrogen and oxygen atoms in total. The molecule has 6 heteroatoms. The van der Waals surface area contributed by atoms with Gasteiger partial charge in [0.1, 0.15) is 11.5 Å². The van der Waals surface area contributed by atoms with E-state index in [0.29, 0.717) is 22.8 Å². The predicted molar refractivity (Wildman–Crippen MR) is 79.3 cm³/mol. The number of nitrogen functional groups attached to an aromatic ring is 1. The van der Waals surface area contributed by atoms with Crippen LogP contribution in [0, 0.1) is 13.8 Å². The zero-order valence-corrected chi connectivity index (χ0v) is 12.6. The van der Waals surface area contributed by atoms with Crippen LogP contribution >= 0.6 is 0 Å². The van der Waals surface area contributed by atoms with Crippen LogP contribution in [0.3, 0.4) is 0 Å². The molecule has 0 spiro atoms. The topological polar surface area (TPSA) is 90.4 Å². The number of benzene rings is 1. The highest BCUT2D eigenvalue weighted by Crippen LogP contribution is 2.23. The Balaban J connectivity index is 2.22. The first-order valence-corrected chi connectivity index (χ1v) is 6.61. The third kappa shape index (κ3) is 2.99. The van der Waals surface area contributed by atoms with Crippen LogP contribution in [0.15, 0.2) is 22.7 Å². The van der Waals surface area contributed by atoms with Gasteiger partial charge in [0.05, 0.1) is 24.4 Å². The number of anilines is 1. The number of nitrogens with zero attached hydrogens (tertiary/aromatic N) is 1. The fourth-order valence-corrected chi connectivity index (χ4v) is 2.31. The Morgan fingerprint density at radius 3 is 2.71 bits per heavy atom. The van der Waals surface area contributed by atoms with Gasteiger partial charge in [0, 0.05) is 11.3 Å². The zero-order chi connectivity index (χ0) is 15.6. The van der Waals surface area contributed by atoms with Crippen molar-refractivity contribution in [2.24, 2.45) is 0 Å². The summed E-state index contributed by atoms with van der Waals surface area (Å²) >= 11 is 0. The Morgan fingerprint density at radius 2 is 2.14 bits per heavy atom. The molecule has 0 fully saturated rings. The smallest absolute Gasteiger partial charge is 0.253 e. The van der Waals surface area contributed by atoms with Crippen molar-refractivity contribution >= 4 is 11.6 Å². The number of amides is 1. The van der Waals surface area contributed by atoms with Gasteiger partial charge < -0.3 is 20.3 Å². The normalized spacial score (nSPS) is 12.0. The first-order valence-electron chi connectivity index (χ1n) is 6.61. The average molecular weight is 289 g/mol. The van der Waals surface area contributed by atoms with E-state index in [1.165, 1.54) is 0 Å². The highest BCUT2D eigenvalue weighted by Gasteiger charge is 2.20. The van der Waals surface area contributed by atoms with Crippen molar-refractivity contribution < 1.29 is 14.1 Å². The molecule has 0 aliphatic carbocycles. The minimum absolute atomic E-state index is 0.227. The third-order valence-electron chi connectivity index (χ3n) is 3.37. The minimum atomic E-state index is -0.265.